The van der Waals surface area contributed by atoms with Crippen LogP contribution in [0.1, 0.15) is 24.6 Å². The largest absolute Gasteiger partial charge is 0.326 e. The number of halogens is 2. The van der Waals surface area contributed by atoms with Crippen molar-refractivity contribution in [3.8, 4) is 0 Å². The first-order valence-corrected chi connectivity index (χ1v) is 8.11. The number of amides is 1. The van der Waals surface area contributed by atoms with Gasteiger partial charge in [0, 0.05) is 23.9 Å². The van der Waals surface area contributed by atoms with Crippen LogP contribution in [0, 0.1) is 5.82 Å². The van der Waals surface area contributed by atoms with Crippen molar-refractivity contribution < 1.29 is 9.18 Å². The highest BCUT2D eigenvalue weighted by atomic mass is 35.5. The van der Waals surface area contributed by atoms with Crippen LogP contribution in [0.15, 0.2) is 41.2 Å². The number of rotatable bonds is 4. The smallest absolute Gasteiger partial charge is 0.272 e. The van der Waals surface area contributed by atoms with Gasteiger partial charge in [0.25, 0.3) is 5.56 Å². The lowest BCUT2D eigenvalue weighted by atomic mass is 10.0. The zero-order valence-corrected chi connectivity index (χ0v) is 14.2. The molecule has 0 saturated carbocycles. The Morgan fingerprint density at radius 2 is 2.04 bits per heavy atom. The van der Waals surface area contributed by atoms with E-state index in [-0.39, 0.29) is 16.5 Å². The Morgan fingerprint density at radius 1 is 1.24 bits per heavy atom. The van der Waals surface area contributed by atoms with Crippen LogP contribution < -0.4 is 10.9 Å². The minimum absolute atomic E-state index is 0.0549. The molecule has 2 N–H and O–H groups in total. The van der Waals surface area contributed by atoms with Gasteiger partial charge in [-0.05, 0) is 29.8 Å². The van der Waals surface area contributed by atoms with Gasteiger partial charge < -0.3 is 5.32 Å². The third-order valence-corrected chi connectivity index (χ3v) is 4.13. The molecule has 3 rings (SSSR count). The van der Waals surface area contributed by atoms with Gasteiger partial charge in [-0.2, -0.15) is 5.10 Å². The predicted molar refractivity (Wildman–Crippen MR) is 95.5 cm³/mol. The molecule has 0 aliphatic heterocycles. The van der Waals surface area contributed by atoms with E-state index in [0.717, 1.165) is 0 Å². The summed E-state index contributed by atoms with van der Waals surface area (Å²) in [6.45, 7) is 1.75. The van der Waals surface area contributed by atoms with Gasteiger partial charge in [-0.15, -0.1) is 0 Å². The SMILES string of the molecule is CCC(=O)Nc1ccc2c(Cc3ccc(Cl)c(F)c3)n[nH]c(=O)c2c1. The molecule has 3 aromatic rings. The molecule has 25 heavy (non-hydrogen) atoms. The number of nitrogens with zero attached hydrogens (tertiary/aromatic N) is 1. The Labute approximate surface area is 147 Å². The van der Waals surface area contributed by atoms with E-state index in [1.165, 1.54) is 12.1 Å². The molecular formula is C18H15ClFN3O2. The van der Waals surface area contributed by atoms with Gasteiger partial charge in [-0.25, -0.2) is 9.49 Å². The van der Waals surface area contributed by atoms with Crippen molar-refractivity contribution in [1.82, 2.24) is 10.2 Å². The molecule has 1 amide bonds. The second-order valence-electron chi connectivity index (χ2n) is 5.59. The van der Waals surface area contributed by atoms with Gasteiger partial charge in [-0.1, -0.05) is 30.7 Å². The number of benzene rings is 2. The number of aromatic amines is 1. The third kappa shape index (κ3) is 3.69. The Hall–Kier alpha value is -2.73. The van der Waals surface area contributed by atoms with Gasteiger partial charge >= 0.3 is 0 Å². The Morgan fingerprint density at radius 3 is 2.76 bits per heavy atom. The highest BCUT2D eigenvalue weighted by Gasteiger charge is 2.10. The average Bonchev–Trinajstić information content (AvgIpc) is 2.60. The van der Waals surface area contributed by atoms with E-state index in [4.69, 9.17) is 11.6 Å². The van der Waals surface area contributed by atoms with Crippen LogP contribution in [0.2, 0.25) is 5.02 Å². The second kappa shape index (κ2) is 7.03. The molecule has 0 radical (unpaired) electrons. The topological polar surface area (TPSA) is 74.8 Å². The van der Waals surface area contributed by atoms with Gasteiger partial charge in [0.15, 0.2) is 0 Å². The Kier molecular flexibility index (Phi) is 4.81. The number of carbonyl (C=O) groups is 1. The molecule has 0 unspecified atom stereocenters. The van der Waals surface area contributed by atoms with Crippen LogP contribution >= 0.6 is 11.6 Å². The number of hydrogen-bond donors (Lipinski definition) is 2. The zero-order chi connectivity index (χ0) is 18.0. The molecule has 2 aromatic carbocycles. The normalized spacial score (nSPS) is 10.8. The molecule has 0 fully saturated rings. The number of H-pyrrole nitrogens is 1. The first-order valence-electron chi connectivity index (χ1n) is 7.73. The fraction of sp³-hybridized carbons (Fsp3) is 0.167. The maximum Gasteiger partial charge on any atom is 0.272 e. The lowest BCUT2D eigenvalue weighted by Crippen LogP contribution is -2.13. The number of anilines is 1. The maximum absolute atomic E-state index is 13.6. The van der Waals surface area contributed by atoms with E-state index in [9.17, 15) is 14.0 Å². The van der Waals surface area contributed by atoms with Crippen molar-refractivity contribution >= 4 is 34.0 Å². The minimum atomic E-state index is -0.502. The summed E-state index contributed by atoms with van der Waals surface area (Å²) in [6.07, 6.45) is 0.681. The van der Waals surface area contributed by atoms with Crippen LogP contribution in [0.5, 0.6) is 0 Å². The van der Waals surface area contributed by atoms with E-state index in [1.807, 2.05) is 0 Å². The van der Waals surface area contributed by atoms with E-state index >= 15 is 0 Å². The number of carbonyl (C=O) groups excluding carboxylic acids is 1. The first kappa shape index (κ1) is 17.1. The van der Waals surface area contributed by atoms with Gasteiger partial charge in [0.1, 0.15) is 5.82 Å². The predicted octanol–water partition coefficient (Wildman–Crippen LogP) is 3.65. The average molecular weight is 360 g/mol. The van der Waals surface area contributed by atoms with Crippen molar-refractivity contribution in [2.75, 3.05) is 5.32 Å². The summed E-state index contributed by atoms with van der Waals surface area (Å²) in [5, 5.41) is 10.4. The number of nitrogens with one attached hydrogen (secondary N) is 2. The third-order valence-electron chi connectivity index (χ3n) is 3.83. The molecule has 0 spiro atoms. The fourth-order valence-corrected chi connectivity index (χ4v) is 2.64. The molecule has 128 valence electrons. The van der Waals surface area contributed by atoms with Gasteiger partial charge in [0.05, 0.1) is 16.1 Å². The summed E-state index contributed by atoms with van der Waals surface area (Å²) in [5.74, 6) is -0.640. The maximum atomic E-state index is 13.6. The van der Waals surface area contributed by atoms with Gasteiger partial charge in [0.2, 0.25) is 5.91 Å². The Balaban J connectivity index is 2.01. The molecule has 5 nitrogen and oxygen atoms in total. The zero-order valence-electron chi connectivity index (χ0n) is 13.4. The number of hydrogen-bond acceptors (Lipinski definition) is 3. The highest BCUT2D eigenvalue weighted by molar-refractivity contribution is 6.30. The van der Waals surface area contributed by atoms with Crippen molar-refractivity contribution in [2.45, 2.75) is 19.8 Å². The van der Waals surface area contributed by atoms with Crippen LogP contribution in [-0.4, -0.2) is 16.1 Å². The van der Waals surface area contributed by atoms with Crippen LogP contribution in [0.3, 0.4) is 0 Å². The molecule has 0 atom stereocenters. The quantitative estimate of drug-likeness (QED) is 0.746. The fourth-order valence-electron chi connectivity index (χ4n) is 2.53. The van der Waals surface area contributed by atoms with E-state index < -0.39 is 5.82 Å². The Bertz CT molecular complexity index is 1020. The first-order chi connectivity index (χ1) is 12.0. The van der Waals surface area contributed by atoms with E-state index in [0.29, 0.717) is 40.6 Å². The van der Waals surface area contributed by atoms with Crippen molar-refractivity contribution in [3.05, 3.63) is 68.8 Å². The molecule has 1 heterocycles. The van der Waals surface area contributed by atoms with Crippen LogP contribution in [0.25, 0.3) is 10.8 Å². The van der Waals surface area contributed by atoms with Crippen LogP contribution in [-0.2, 0) is 11.2 Å². The number of fused-ring (bicyclic) bond motifs is 1. The highest BCUT2D eigenvalue weighted by Crippen LogP contribution is 2.22. The van der Waals surface area contributed by atoms with E-state index in [1.54, 1.807) is 31.2 Å². The molecule has 0 bridgehead atoms. The molecule has 1 aromatic heterocycles. The molecule has 7 heteroatoms. The summed E-state index contributed by atoms with van der Waals surface area (Å²) >= 11 is 5.70. The lowest BCUT2D eigenvalue weighted by molar-refractivity contribution is -0.115. The molecule has 0 aliphatic rings. The summed E-state index contributed by atoms with van der Waals surface area (Å²) in [5.41, 5.74) is 1.48. The van der Waals surface area contributed by atoms with Crippen molar-refractivity contribution in [1.29, 1.82) is 0 Å². The summed E-state index contributed by atoms with van der Waals surface area (Å²) < 4.78 is 13.6. The van der Waals surface area contributed by atoms with Gasteiger partial charge in [-0.3, -0.25) is 9.59 Å². The van der Waals surface area contributed by atoms with Crippen molar-refractivity contribution in [3.63, 3.8) is 0 Å². The molecule has 0 saturated heterocycles. The molecular weight excluding hydrogens is 345 g/mol. The van der Waals surface area contributed by atoms with Crippen LogP contribution in [0.4, 0.5) is 10.1 Å². The van der Waals surface area contributed by atoms with Crippen molar-refractivity contribution in [2.24, 2.45) is 0 Å². The lowest BCUT2D eigenvalue weighted by Gasteiger charge is -2.08. The summed E-state index contributed by atoms with van der Waals surface area (Å²) in [6, 6.07) is 9.58. The molecule has 0 aliphatic carbocycles. The summed E-state index contributed by atoms with van der Waals surface area (Å²) in [4.78, 5) is 23.6. The minimum Gasteiger partial charge on any atom is -0.326 e. The second-order valence-corrected chi connectivity index (χ2v) is 5.99. The monoisotopic (exact) mass is 359 g/mol. The van der Waals surface area contributed by atoms with E-state index in [2.05, 4.69) is 15.5 Å². The number of aromatic nitrogens is 2. The standard InChI is InChI=1S/C18H15ClFN3O2/c1-2-17(24)21-11-4-5-12-13(9-11)18(25)23-22-16(12)8-10-3-6-14(19)15(20)7-10/h3-7,9H,2,8H2,1H3,(H,21,24)(H,23,25). The summed E-state index contributed by atoms with van der Waals surface area (Å²) in [7, 11) is 0.